The molecule has 2 aliphatic rings. The first-order valence-corrected chi connectivity index (χ1v) is 6.46. The van der Waals surface area contributed by atoms with Gasteiger partial charge in [0.15, 0.2) is 0 Å². The SMILES string of the molecule is CN1CCC(N2CCC(C(F)(F)F)CC2)CC1. The van der Waals surface area contributed by atoms with Crippen LogP contribution in [0.3, 0.4) is 0 Å². The van der Waals surface area contributed by atoms with Crippen molar-refractivity contribution in [3.8, 4) is 0 Å². The van der Waals surface area contributed by atoms with E-state index in [1.54, 1.807) is 0 Å². The summed E-state index contributed by atoms with van der Waals surface area (Å²) in [5.41, 5.74) is 0. The molecule has 0 aromatic carbocycles. The van der Waals surface area contributed by atoms with Gasteiger partial charge in [-0.2, -0.15) is 13.2 Å². The van der Waals surface area contributed by atoms with Crippen LogP contribution in [-0.4, -0.2) is 55.2 Å². The first-order valence-electron chi connectivity index (χ1n) is 6.46. The van der Waals surface area contributed by atoms with E-state index < -0.39 is 12.1 Å². The molecule has 0 spiro atoms. The molecule has 100 valence electrons. The van der Waals surface area contributed by atoms with Gasteiger partial charge in [0.2, 0.25) is 0 Å². The van der Waals surface area contributed by atoms with Gasteiger partial charge in [0, 0.05) is 6.04 Å². The number of rotatable bonds is 1. The molecular weight excluding hydrogens is 229 g/mol. The molecule has 0 aliphatic carbocycles. The molecule has 2 nitrogen and oxygen atoms in total. The number of hydrogen-bond acceptors (Lipinski definition) is 2. The topological polar surface area (TPSA) is 6.48 Å². The van der Waals surface area contributed by atoms with Crippen LogP contribution in [0.5, 0.6) is 0 Å². The van der Waals surface area contributed by atoms with E-state index in [0.717, 1.165) is 25.9 Å². The molecule has 17 heavy (non-hydrogen) atoms. The fourth-order valence-electron chi connectivity index (χ4n) is 2.95. The summed E-state index contributed by atoms with van der Waals surface area (Å²) in [7, 11) is 2.10. The minimum Gasteiger partial charge on any atom is -0.306 e. The Kier molecular flexibility index (Phi) is 3.98. The molecule has 0 N–H and O–H groups in total. The summed E-state index contributed by atoms with van der Waals surface area (Å²) in [5.74, 6) is -1.06. The van der Waals surface area contributed by atoms with E-state index in [2.05, 4.69) is 16.8 Å². The summed E-state index contributed by atoms with van der Waals surface area (Å²) >= 11 is 0. The van der Waals surface area contributed by atoms with Crippen LogP contribution in [0.1, 0.15) is 25.7 Å². The highest BCUT2D eigenvalue weighted by atomic mass is 19.4. The lowest BCUT2D eigenvalue weighted by Crippen LogP contribution is -2.48. The second-order valence-electron chi connectivity index (χ2n) is 5.39. The third-order valence-electron chi connectivity index (χ3n) is 4.20. The molecule has 0 unspecified atom stereocenters. The van der Waals surface area contributed by atoms with E-state index in [1.165, 1.54) is 0 Å². The van der Waals surface area contributed by atoms with Crippen LogP contribution in [-0.2, 0) is 0 Å². The van der Waals surface area contributed by atoms with Crippen molar-refractivity contribution in [1.29, 1.82) is 0 Å². The van der Waals surface area contributed by atoms with Crippen molar-refractivity contribution in [2.24, 2.45) is 5.92 Å². The van der Waals surface area contributed by atoms with E-state index in [4.69, 9.17) is 0 Å². The first kappa shape index (κ1) is 13.1. The molecule has 2 heterocycles. The van der Waals surface area contributed by atoms with Crippen molar-refractivity contribution >= 4 is 0 Å². The Hall–Kier alpha value is -0.290. The number of hydrogen-bond donors (Lipinski definition) is 0. The average molecular weight is 250 g/mol. The third kappa shape index (κ3) is 3.35. The highest BCUT2D eigenvalue weighted by Gasteiger charge is 2.41. The molecule has 5 heteroatoms. The third-order valence-corrected chi connectivity index (χ3v) is 4.20. The second kappa shape index (κ2) is 5.14. The van der Waals surface area contributed by atoms with Crippen LogP contribution >= 0.6 is 0 Å². The van der Waals surface area contributed by atoms with Gasteiger partial charge in [0.25, 0.3) is 0 Å². The predicted octanol–water partition coefficient (Wildman–Crippen LogP) is 2.35. The maximum atomic E-state index is 12.5. The van der Waals surface area contributed by atoms with Crippen LogP contribution in [0.4, 0.5) is 13.2 Å². The fraction of sp³-hybridized carbons (Fsp3) is 1.00. The summed E-state index contributed by atoms with van der Waals surface area (Å²) in [6.07, 6.45) is -1.20. The van der Waals surface area contributed by atoms with Crippen molar-refractivity contribution in [3.63, 3.8) is 0 Å². The Morgan fingerprint density at radius 1 is 0.882 bits per heavy atom. The van der Waals surface area contributed by atoms with E-state index in [-0.39, 0.29) is 12.8 Å². The van der Waals surface area contributed by atoms with Crippen LogP contribution in [0.25, 0.3) is 0 Å². The molecule has 0 saturated carbocycles. The van der Waals surface area contributed by atoms with E-state index in [0.29, 0.717) is 19.1 Å². The zero-order valence-corrected chi connectivity index (χ0v) is 10.3. The van der Waals surface area contributed by atoms with Crippen molar-refractivity contribution in [1.82, 2.24) is 9.80 Å². The lowest BCUT2D eigenvalue weighted by molar-refractivity contribution is -0.186. The molecule has 0 aromatic rings. The highest BCUT2D eigenvalue weighted by molar-refractivity contribution is 4.84. The van der Waals surface area contributed by atoms with Gasteiger partial charge in [-0.3, -0.25) is 0 Å². The maximum Gasteiger partial charge on any atom is 0.391 e. The minimum absolute atomic E-state index is 0.288. The standard InChI is InChI=1S/C12H21F3N2/c1-16-6-4-11(5-7-16)17-8-2-10(3-9-17)12(13,14)15/h10-11H,2-9H2,1H3. The number of alkyl halides is 3. The zero-order chi connectivity index (χ0) is 12.5. The Morgan fingerprint density at radius 3 is 1.88 bits per heavy atom. The Bertz CT molecular complexity index is 239. The monoisotopic (exact) mass is 250 g/mol. The lowest BCUT2D eigenvalue weighted by Gasteiger charge is -2.41. The van der Waals surface area contributed by atoms with Gasteiger partial charge in [-0.1, -0.05) is 0 Å². The Labute approximate surface area is 101 Å². The van der Waals surface area contributed by atoms with Crippen LogP contribution < -0.4 is 0 Å². The molecule has 2 rings (SSSR count). The lowest BCUT2D eigenvalue weighted by atomic mass is 9.93. The molecule has 0 bridgehead atoms. The van der Waals surface area contributed by atoms with Crippen LogP contribution in [0.2, 0.25) is 0 Å². The van der Waals surface area contributed by atoms with Crippen molar-refractivity contribution in [2.75, 3.05) is 33.2 Å². The molecule has 2 saturated heterocycles. The molecule has 2 fully saturated rings. The van der Waals surface area contributed by atoms with Gasteiger partial charge < -0.3 is 9.80 Å². The minimum atomic E-state index is -3.99. The molecule has 0 radical (unpaired) electrons. The van der Waals surface area contributed by atoms with Gasteiger partial charge in [-0.05, 0) is 58.9 Å². The van der Waals surface area contributed by atoms with Crippen molar-refractivity contribution in [2.45, 2.75) is 37.9 Å². The van der Waals surface area contributed by atoms with Crippen molar-refractivity contribution < 1.29 is 13.2 Å². The van der Waals surface area contributed by atoms with E-state index in [9.17, 15) is 13.2 Å². The highest BCUT2D eigenvalue weighted by Crippen LogP contribution is 2.35. The van der Waals surface area contributed by atoms with E-state index in [1.807, 2.05) is 0 Å². The summed E-state index contributed by atoms with van der Waals surface area (Å²) < 4.78 is 37.6. The van der Waals surface area contributed by atoms with E-state index >= 15 is 0 Å². The Morgan fingerprint density at radius 2 is 1.41 bits per heavy atom. The molecular formula is C12H21F3N2. The summed E-state index contributed by atoms with van der Waals surface area (Å²) in [6, 6.07) is 0.514. The normalized spacial score (nSPS) is 27.5. The number of likely N-dealkylation sites (tertiary alicyclic amines) is 2. The largest absolute Gasteiger partial charge is 0.391 e. The van der Waals surface area contributed by atoms with Gasteiger partial charge in [0.05, 0.1) is 5.92 Å². The quantitative estimate of drug-likeness (QED) is 0.705. The molecule has 0 amide bonds. The maximum absolute atomic E-state index is 12.5. The summed E-state index contributed by atoms with van der Waals surface area (Å²) in [5, 5.41) is 0. The number of piperidine rings is 2. The summed E-state index contributed by atoms with van der Waals surface area (Å²) in [6.45, 7) is 3.39. The molecule has 0 aromatic heterocycles. The number of halogens is 3. The van der Waals surface area contributed by atoms with Gasteiger partial charge in [-0.15, -0.1) is 0 Å². The summed E-state index contributed by atoms with van der Waals surface area (Å²) in [4.78, 5) is 4.56. The molecule has 2 aliphatic heterocycles. The van der Waals surface area contributed by atoms with Gasteiger partial charge in [-0.25, -0.2) is 0 Å². The van der Waals surface area contributed by atoms with Gasteiger partial charge in [0.1, 0.15) is 0 Å². The smallest absolute Gasteiger partial charge is 0.306 e. The average Bonchev–Trinajstić information content (AvgIpc) is 2.29. The number of nitrogens with zero attached hydrogens (tertiary/aromatic N) is 2. The van der Waals surface area contributed by atoms with Crippen LogP contribution in [0, 0.1) is 5.92 Å². The van der Waals surface area contributed by atoms with Crippen LogP contribution in [0.15, 0.2) is 0 Å². The fourth-order valence-corrected chi connectivity index (χ4v) is 2.95. The van der Waals surface area contributed by atoms with Gasteiger partial charge >= 0.3 is 6.18 Å². The zero-order valence-electron chi connectivity index (χ0n) is 10.3. The van der Waals surface area contributed by atoms with Crippen molar-refractivity contribution in [3.05, 3.63) is 0 Å². The Balaban J connectivity index is 1.79. The second-order valence-corrected chi connectivity index (χ2v) is 5.39. The first-order chi connectivity index (χ1) is 7.97. The predicted molar refractivity (Wildman–Crippen MR) is 60.9 cm³/mol. The molecule has 0 atom stereocenters.